The van der Waals surface area contributed by atoms with E-state index in [0.717, 1.165) is 19.4 Å². The van der Waals surface area contributed by atoms with Crippen molar-refractivity contribution in [1.29, 1.82) is 0 Å². The number of carbonyl (C=O) groups is 2. The summed E-state index contributed by atoms with van der Waals surface area (Å²) in [7, 11) is 0. The Morgan fingerprint density at radius 2 is 1.95 bits per heavy atom. The molecule has 3 atom stereocenters. The Kier molecular flexibility index (Phi) is 7.67. The summed E-state index contributed by atoms with van der Waals surface area (Å²) in [5, 5.41) is 4.98. The molecule has 3 unspecified atom stereocenters. The van der Waals surface area contributed by atoms with Crippen LogP contribution in [0.15, 0.2) is 0 Å². The van der Waals surface area contributed by atoms with Gasteiger partial charge in [-0.1, -0.05) is 19.8 Å². The number of urea groups is 1. The second-order valence-corrected chi connectivity index (χ2v) is 5.70. The van der Waals surface area contributed by atoms with Gasteiger partial charge in [0.2, 0.25) is 5.91 Å². The van der Waals surface area contributed by atoms with E-state index < -0.39 is 6.03 Å². The van der Waals surface area contributed by atoms with Crippen LogP contribution in [-0.4, -0.2) is 48.6 Å². The number of rotatable bonds is 6. The predicted molar refractivity (Wildman–Crippen MR) is 83.9 cm³/mol. The Labute approximate surface area is 127 Å². The van der Waals surface area contributed by atoms with Crippen molar-refractivity contribution in [3.63, 3.8) is 0 Å². The summed E-state index contributed by atoms with van der Waals surface area (Å²) >= 11 is 0. The first kappa shape index (κ1) is 17.9. The third-order valence-corrected chi connectivity index (χ3v) is 4.41. The first-order chi connectivity index (χ1) is 10.0. The summed E-state index contributed by atoms with van der Waals surface area (Å²) in [6, 6.07) is -0.414. The topological polar surface area (TPSA) is 87.5 Å². The Morgan fingerprint density at radius 1 is 1.29 bits per heavy atom. The predicted octanol–water partition coefficient (Wildman–Crippen LogP) is 1.06. The van der Waals surface area contributed by atoms with Crippen molar-refractivity contribution in [1.82, 2.24) is 15.5 Å². The zero-order chi connectivity index (χ0) is 15.8. The van der Waals surface area contributed by atoms with E-state index in [9.17, 15) is 9.59 Å². The van der Waals surface area contributed by atoms with Gasteiger partial charge in [-0.3, -0.25) is 15.0 Å². The van der Waals surface area contributed by atoms with Crippen LogP contribution in [0.1, 0.15) is 46.5 Å². The molecule has 0 aromatic heterocycles. The van der Waals surface area contributed by atoms with E-state index in [-0.39, 0.29) is 11.9 Å². The van der Waals surface area contributed by atoms with Crippen molar-refractivity contribution in [3.05, 3.63) is 0 Å². The molecule has 6 nitrogen and oxygen atoms in total. The van der Waals surface area contributed by atoms with Gasteiger partial charge < -0.3 is 11.1 Å². The third kappa shape index (κ3) is 4.97. The van der Waals surface area contributed by atoms with Gasteiger partial charge in [-0.15, -0.1) is 0 Å². The molecule has 1 aliphatic rings. The highest BCUT2D eigenvalue weighted by molar-refractivity contribution is 5.96. The minimum atomic E-state index is -0.426. The van der Waals surface area contributed by atoms with E-state index in [2.05, 4.69) is 22.5 Å². The Bertz CT molecular complexity index is 349. The highest BCUT2D eigenvalue weighted by atomic mass is 16.2. The number of amides is 3. The van der Waals surface area contributed by atoms with Gasteiger partial charge in [0.15, 0.2) is 0 Å². The van der Waals surface area contributed by atoms with Crippen LogP contribution in [0.3, 0.4) is 0 Å². The zero-order valence-electron chi connectivity index (χ0n) is 13.5. The molecule has 3 amide bonds. The fourth-order valence-corrected chi connectivity index (χ4v) is 3.27. The van der Waals surface area contributed by atoms with Crippen molar-refractivity contribution in [3.8, 4) is 0 Å². The summed E-state index contributed by atoms with van der Waals surface area (Å²) in [6.07, 6.45) is 4.61. The van der Waals surface area contributed by atoms with Crippen LogP contribution in [0.4, 0.5) is 4.79 Å². The number of hydrogen-bond acceptors (Lipinski definition) is 4. The van der Waals surface area contributed by atoms with Crippen LogP contribution in [0.25, 0.3) is 0 Å². The van der Waals surface area contributed by atoms with Crippen molar-refractivity contribution in [2.75, 3.05) is 19.6 Å². The van der Waals surface area contributed by atoms with E-state index in [4.69, 9.17) is 5.73 Å². The summed E-state index contributed by atoms with van der Waals surface area (Å²) < 4.78 is 0. The molecule has 21 heavy (non-hydrogen) atoms. The normalized spacial score (nSPS) is 23.7. The van der Waals surface area contributed by atoms with Crippen LogP contribution < -0.4 is 16.4 Å². The molecule has 0 bridgehead atoms. The molecule has 1 saturated carbocycles. The molecule has 0 radical (unpaired) electrons. The Balaban J connectivity index is 2.68. The molecule has 1 rings (SSSR count). The first-order valence-electron chi connectivity index (χ1n) is 8.09. The number of likely N-dealkylation sites (N-methyl/N-ethyl adjacent to an activating group) is 1. The summed E-state index contributed by atoms with van der Waals surface area (Å²) in [5.74, 6) is 0.197. The van der Waals surface area contributed by atoms with Crippen LogP contribution in [0.5, 0.6) is 0 Å². The van der Waals surface area contributed by atoms with Gasteiger partial charge in [0, 0.05) is 12.6 Å². The second-order valence-electron chi connectivity index (χ2n) is 5.70. The molecule has 0 aliphatic heterocycles. The lowest BCUT2D eigenvalue weighted by atomic mass is 9.83. The number of nitrogens with two attached hydrogens (primary N) is 1. The van der Waals surface area contributed by atoms with E-state index in [0.29, 0.717) is 25.0 Å². The monoisotopic (exact) mass is 298 g/mol. The molecule has 122 valence electrons. The number of imide groups is 1. The Morgan fingerprint density at radius 3 is 2.52 bits per heavy atom. The van der Waals surface area contributed by atoms with Gasteiger partial charge in [-0.25, -0.2) is 4.79 Å². The molecule has 1 fully saturated rings. The molecule has 0 saturated heterocycles. The molecular formula is C15H30N4O2. The number of carbonyl (C=O) groups excluding carboxylic acids is 2. The standard InChI is InChI=1S/C15H30N4O2/c1-4-17-15(21)18-14(20)11(3)19(5-2)13-9-7-6-8-12(13)10-16/h11-13H,4-10,16H2,1-3H3,(H2,17,18,20,21). The van der Waals surface area contributed by atoms with Crippen LogP contribution in [0.2, 0.25) is 0 Å². The Hall–Kier alpha value is -1.14. The minimum absolute atomic E-state index is 0.246. The summed E-state index contributed by atoms with van der Waals surface area (Å²) in [5.41, 5.74) is 5.89. The number of nitrogens with one attached hydrogen (secondary N) is 2. The van der Waals surface area contributed by atoms with E-state index in [1.54, 1.807) is 0 Å². The maximum Gasteiger partial charge on any atom is 0.321 e. The quantitative estimate of drug-likeness (QED) is 0.684. The fraction of sp³-hybridized carbons (Fsp3) is 0.867. The van der Waals surface area contributed by atoms with E-state index in [1.165, 1.54) is 12.8 Å². The second kappa shape index (κ2) is 9.00. The molecule has 1 aliphatic carbocycles. The average molecular weight is 298 g/mol. The van der Waals surface area contributed by atoms with Gasteiger partial charge in [-0.05, 0) is 45.7 Å². The highest BCUT2D eigenvalue weighted by Gasteiger charge is 2.33. The van der Waals surface area contributed by atoms with Crippen molar-refractivity contribution >= 4 is 11.9 Å². The maximum absolute atomic E-state index is 12.2. The van der Waals surface area contributed by atoms with Gasteiger partial charge >= 0.3 is 6.03 Å². The van der Waals surface area contributed by atoms with Gasteiger partial charge in [0.05, 0.1) is 6.04 Å². The molecule has 6 heteroatoms. The fourth-order valence-electron chi connectivity index (χ4n) is 3.27. The lowest BCUT2D eigenvalue weighted by Gasteiger charge is -2.41. The van der Waals surface area contributed by atoms with Crippen molar-refractivity contribution in [2.24, 2.45) is 11.7 Å². The molecular weight excluding hydrogens is 268 g/mol. The van der Waals surface area contributed by atoms with Crippen LogP contribution >= 0.6 is 0 Å². The summed E-state index contributed by atoms with van der Waals surface area (Å²) in [6.45, 7) is 7.68. The lowest BCUT2D eigenvalue weighted by molar-refractivity contribution is -0.126. The van der Waals surface area contributed by atoms with Gasteiger partial charge in [-0.2, -0.15) is 0 Å². The number of nitrogens with zero attached hydrogens (tertiary/aromatic N) is 1. The largest absolute Gasteiger partial charge is 0.338 e. The van der Waals surface area contributed by atoms with Crippen molar-refractivity contribution in [2.45, 2.75) is 58.5 Å². The van der Waals surface area contributed by atoms with E-state index in [1.807, 2.05) is 13.8 Å². The summed E-state index contributed by atoms with van der Waals surface area (Å²) in [4.78, 5) is 25.9. The maximum atomic E-state index is 12.2. The van der Waals surface area contributed by atoms with Gasteiger partial charge in [0.25, 0.3) is 0 Å². The smallest absolute Gasteiger partial charge is 0.321 e. The SMILES string of the molecule is CCNC(=O)NC(=O)C(C)N(CC)C1CCCCC1CN. The van der Waals surface area contributed by atoms with Gasteiger partial charge in [0.1, 0.15) is 0 Å². The lowest BCUT2D eigenvalue weighted by Crippen LogP contribution is -2.55. The molecule has 0 aromatic carbocycles. The molecule has 0 aromatic rings. The van der Waals surface area contributed by atoms with E-state index >= 15 is 0 Å². The molecule has 0 spiro atoms. The van der Waals surface area contributed by atoms with Crippen molar-refractivity contribution < 1.29 is 9.59 Å². The zero-order valence-corrected chi connectivity index (χ0v) is 13.5. The minimum Gasteiger partial charge on any atom is -0.338 e. The van der Waals surface area contributed by atoms with Crippen LogP contribution in [0, 0.1) is 5.92 Å². The highest BCUT2D eigenvalue weighted by Crippen LogP contribution is 2.29. The molecule has 0 heterocycles. The molecule has 4 N–H and O–H groups in total. The third-order valence-electron chi connectivity index (χ3n) is 4.41. The van der Waals surface area contributed by atoms with Crippen LogP contribution in [-0.2, 0) is 4.79 Å². The first-order valence-corrected chi connectivity index (χ1v) is 8.09. The average Bonchev–Trinajstić information content (AvgIpc) is 2.48. The number of hydrogen-bond donors (Lipinski definition) is 3.